The molecule has 21 heavy (non-hydrogen) atoms. The van der Waals surface area contributed by atoms with Crippen molar-refractivity contribution in [1.29, 1.82) is 0 Å². The van der Waals surface area contributed by atoms with E-state index in [2.05, 4.69) is 0 Å². The van der Waals surface area contributed by atoms with E-state index in [1.807, 2.05) is 13.0 Å². The van der Waals surface area contributed by atoms with Gasteiger partial charge in [0.1, 0.15) is 4.90 Å². The minimum atomic E-state index is -3.62. The molecule has 0 amide bonds. The smallest absolute Gasteiger partial charge is 0.245 e. The van der Waals surface area contributed by atoms with E-state index >= 15 is 0 Å². The van der Waals surface area contributed by atoms with Gasteiger partial charge in [0.2, 0.25) is 10.0 Å². The normalized spacial score (nSPS) is 16.2. The quantitative estimate of drug-likeness (QED) is 0.785. The van der Waals surface area contributed by atoms with E-state index in [1.54, 1.807) is 13.0 Å². The van der Waals surface area contributed by atoms with Crippen molar-refractivity contribution >= 4 is 15.7 Å². The van der Waals surface area contributed by atoms with Crippen molar-refractivity contribution in [3.05, 3.63) is 23.3 Å². The van der Waals surface area contributed by atoms with Gasteiger partial charge in [0.15, 0.2) is 0 Å². The van der Waals surface area contributed by atoms with Gasteiger partial charge in [-0.25, -0.2) is 8.42 Å². The van der Waals surface area contributed by atoms with Crippen LogP contribution in [0.1, 0.15) is 36.8 Å². The number of hydrogen-bond acceptors (Lipinski definition) is 4. The first kappa shape index (κ1) is 16.3. The van der Waals surface area contributed by atoms with Crippen LogP contribution in [0.25, 0.3) is 0 Å². The zero-order valence-electron chi connectivity index (χ0n) is 12.7. The number of nitrogens with zero attached hydrogens (tertiary/aromatic N) is 1. The lowest BCUT2D eigenvalue weighted by atomic mass is 9.93. The fourth-order valence-corrected chi connectivity index (χ4v) is 4.79. The number of benzene rings is 1. The third-order valence-electron chi connectivity index (χ3n) is 4.29. The Hall–Kier alpha value is -1.11. The summed E-state index contributed by atoms with van der Waals surface area (Å²) in [5, 5.41) is 9.03. The van der Waals surface area contributed by atoms with E-state index in [9.17, 15) is 8.42 Å². The van der Waals surface area contributed by atoms with E-state index in [4.69, 9.17) is 10.8 Å². The number of sulfonamides is 1. The molecule has 0 unspecified atom stereocenters. The van der Waals surface area contributed by atoms with Gasteiger partial charge in [-0.2, -0.15) is 4.31 Å². The lowest BCUT2D eigenvalue weighted by Crippen LogP contribution is -2.45. The van der Waals surface area contributed by atoms with Crippen LogP contribution < -0.4 is 5.73 Å². The van der Waals surface area contributed by atoms with Crippen molar-refractivity contribution in [3.8, 4) is 0 Å². The summed E-state index contributed by atoms with van der Waals surface area (Å²) in [6.45, 7) is 4.01. The number of nitrogen functional groups attached to an aromatic ring is 1. The van der Waals surface area contributed by atoms with E-state index < -0.39 is 10.0 Å². The van der Waals surface area contributed by atoms with Gasteiger partial charge in [0.25, 0.3) is 0 Å². The fraction of sp³-hybridized carbons (Fsp3) is 0.600. The van der Waals surface area contributed by atoms with Gasteiger partial charge in [0, 0.05) is 19.2 Å². The Morgan fingerprint density at radius 2 is 2.00 bits per heavy atom. The summed E-state index contributed by atoms with van der Waals surface area (Å²) in [5.74, 6) is 0. The van der Waals surface area contributed by atoms with Crippen LogP contribution in [0.4, 0.5) is 5.69 Å². The molecule has 1 aliphatic rings. The second-order valence-electron chi connectivity index (χ2n) is 5.70. The van der Waals surface area contributed by atoms with Crippen LogP contribution in [-0.2, 0) is 10.0 Å². The maximum atomic E-state index is 13.0. The maximum Gasteiger partial charge on any atom is 0.245 e. The summed E-state index contributed by atoms with van der Waals surface area (Å²) >= 11 is 0. The fourth-order valence-electron chi connectivity index (χ4n) is 2.67. The molecule has 1 aromatic carbocycles. The molecule has 0 atom stereocenters. The summed E-state index contributed by atoms with van der Waals surface area (Å²) in [6.07, 6.45) is 3.27. The number of aryl methyl sites for hydroxylation is 1. The summed E-state index contributed by atoms with van der Waals surface area (Å²) in [5.41, 5.74) is 7.87. The molecule has 0 saturated heterocycles. The zero-order chi connectivity index (χ0) is 15.6. The van der Waals surface area contributed by atoms with Gasteiger partial charge in [-0.15, -0.1) is 0 Å². The second-order valence-corrected chi connectivity index (χ2v) is 7.53. The maximum absolute atomic E-state index is 13.0. The first-order valence-corrected chi connectivity index (χ1v) is 8.82. The largest absolute Gasteiger partial charge is 0.398 e. The van der Waals surface area contributed by atoms with Gasteiger partial charge in [-0.05, 0) is 50.3 Å². The van der Waals surface area contributed by atoms with Crippen LogP contribution in [0.3, 0.4) is 0 Å². The van der Waals surface area contributed by atoms with Gasteiger partial charge in [-0.3, -0.25) is 0 Å². The molecule has 118 valence electrons. The highest BCUT2D eigenvalue weighted by Gasteiger charge is 2.36. The first-order valence-electron chi connectivity index (χ1n) is 7.38. The molecule has 5 nitrogen and oxygen atoms in total. The van der Waals surface area contributed by atoms with Crippen LogP contribution >= 0.6 is 0 Å². The molecular weight excluding hydrogens is 288 g/mol. The summed E-state index contributed by atoms with van der Waals surface area (Å²) < 4.78 is 27.6. The summed E-state index contributed by atoms with van der Waals surface area (Å²) in [7, 11) is -3.62. The van der Waals surface area contributed by atoms with Crippen LogP contribution in [0.2, 0.25) is 0 Å². The number of aliphatic hydroxyl groups is 1. The Morgan fingerprint density at radius 3 is 2.52 bits per heavy atom. The molecule has 1 aromatic rings. The number of hydrogen-bond donors (Lipinski definition) is 2. The average Bonchev–Trinajstić information content (AvgIpc) is 2.36. The van der Waals surface area contributed by atoms with E-state index in [1.165, 1.54) is 4.31 Å². The van der Waals surface area contributed by atoms with Crippen molar-refractivity contribution < 1.29 is 13.5 Å². The summed E-state index contributed by atoms with van der Waals surface area (Å²) in [4.78, 5) is 0.229. The molecule has 3 N–H and O–H groups in total. The first-order chi connectivity index (χ1) is 9.89. The molecule has 1 fully saturated rings. The second kappa shape index (κ2) is 6.34. The van der Waals surface area contributed by atoms with Crippen molar-refractivity contribution in [2.24, 2.45) is 0 Å². The van der Waals surface area contributed by atoms with Crippen molar-refractivity contribution in [2.75, 3.05) is 18.9 Å². The molecule has 0 heterocycles. The van der Waals surface area contributed by atoms with Crippen molar-refractivity contribution in [2.45, 2.75) is 50.5 Å². The molecule has 6 heteroatoms. The zero-order valence-corrected chi connectivity index (χ0v) is 13.5. The average molecular weight is 312 g/mol. The van der Waals surface area contributed by atoms with E-state index in [0.29, 0.717) is 24.2 Å². The Balaban J connectivity index is 2.45. The SMILES string of the molecule is Cc1ccc(N)c(S(=O)(=O)N(CCCO)C2CCC2)c1C. The Bertz CT molecular complexity index is 610. The monoisotopic (exact) mass is 312 g/mol. The Labute approximate surface area is 126 Å². The van der Waals surface area contributed by atoms with Crippen molar-refractivity contribution in [1.82, 2.24) is 4.31 Å². The standard InChI is InChI=1S/C15H24N2O3S/c1-11-7-8-14(16)15(12(11)2)21(19,20)17(9-4-10-18)13-5-3-6-13/h7-8,13,18H,3-6,9-10,16H2,1-2H3. The minimum absolute atomic E-state index is 0.0129. The Morgan fingerprint density at radius 1 is 1.33 bits per heavy atom. The minimum Gasteiger partial charge on any atom is -0.398 e. The molecular formula is C15H24N2O3S. The van der Waals surface area contributed by atoms with Gasteiger partial charge >= 0.3 is 0 Å². The number of nitrogens with two attached hydrogens (primary N) is 1. The third kappa shape index (κ3) is 3.07. The highest BCUT2D eigenvalue weighted by atomic mass is 32.2. The molecule has 0 aromatic heterocycles. The molecule has 0 aliphatic heterocycles. The van der Waals surface area contributed by atoms with Gasteiger partial charge in [-0.1, -0.05) is 12.5 Å². The summed E-state index contributed by atoms with van der Waals surface area (Å²) in [6, 6.07) is 3.53. The number of rotatable bonds is 6. The van der Waals surface area contributed by atoms with Crippen molar-refractivity contribution in [3.63, 3.8) is 0 Å². The Kier molecular flexibility index (Phi) is 4.91. The van der Waals surface area contributed by atoms with Crippen LogP contribution in [-0.4, -0.2) is 37.0 Å². The third-order valence-corrected chi connectivity index (χ3v) is 6.45. The molecule has 1 saturated carbocycles. The van der Waals surface area contributed by atoms with Crippen LogP contribution in [0, 0.1) is 13.8 Å². The highest BCUT2D eigenvalue weighted by molar-refractivity contribution is 7.89. The molecule has 0 bridgehead atoms. The highest BCUT2D eigenvalue weighted by Crippen LogP contribution is 2.34. The predicted octanol–water partition coefficient (Wildman–Crippen LogP) is 1.81. The van der Waals surface area contributed by atoms with E-state index in [-0.39, 0.29) is 17.5 Å². The van der Waals surface area contributed by atoms with Crippen LogP contribution in [0.5, 0.6) is 0 Å². The predicted molar refractivity (Wildman–Crippen MR) is 83.6 cm³/mol. The number of aliphatic hydroxyl groups excluding tert-OH is 1. The molecule has 1 aliphatic carbocycles. The molecule has 2 rings (SSSR count). The lowest BCUT2D eigenvalue weighted by molar-refractivity contribution is 0.198. The van der Waals surface area contributed by atoms with E-state index in [0.717, 1.165) is 24.8 Å². The lowest BCUT2D eigenvalue weighted by Gasteiger charge is -2.37. The molecule has 0 radical (unpaired) electrons. The van der Waals surface area contributed by atoms with Crippen LogP contribution in [0.15, 0.2) is 17.0 Å². The topological polar surface area (TPSA) is 83.6 Å². The number of anilines is 1. The molecule has 0 spiro atoms. The van der Waals surface area contributed by atoms with Gasteiger partial charge in [0.05, 0.1) is 5.69 Å². The van der Waals surface area contributed by atoms with Gasteiger partial charge < -0.3 is 10.8 Å².